The second-order valence-corrected chi connectivity index (χ2v) is 5.06. The number of nitrogens with zero attached hydrogens (tertiary/aromatic N) is 3. The minimum absolute atomic E-state index is 0.204. The van der Waals surface area contributed by atoms with Gasteiger partial charge in [0.25, 0.3) is 5.91 Å². The maximum Gasteiger partial charge on any atom is 0.253 e. The summed E-state index contributed by atoms with van der Waals surface area (Å²) in [6.45, 7) is 0.390. The molecule has 0 saturated heterocycles. The van der Waals surface area contributed by atoms with Crippen LogP contribution in [0.25, 0.3) is 5.82 Å². The number of amides is 1. The monoisotopic (exact) mass is 312 g/mol. The van der Waals surface area contributed by atoms with Crippen LogP contribution in [0.5, 0.6) is 0 Å². The van der Waals surface area contributed by atoms with Crippen LogP contribution in [-0.4, -0.2) is 20.4 Å². The second kappa shape index (κ2) is 6.41. The van der Waals surface area contributed by atoms with E-state index in [1.165, 1.54) is 0 Å². The van der Waals surface area contributed by atoms with Crippen LogP contribution in [0.15, 0.2) is 61.3 Å². The van der Waals surface area contributed by atoms with E-state index >= 15 is 0 Å². The summed E-state index contributed by atoms with van der Waals surface area (Å²) in [5.41, 5.74) is 1.37. The van der Waals surface area contributed by atoms with Crippen molar-refractivity contribution in [1.29, 1.82) is 0 Å². The molecule has 3 aromatic rings. The summed E-state index contributed by atoms with van der Waals surface area (Å²) >= 11 is 6.00. The van der Waals surface area contributed by atoms with Gasteiger partial charge >= 0.3 is 0 Å². The van der Waals surface area contributed by atoms with Crippen molar-refractivity contribution in [1.82, 2.24) is 19.9 Å². The molecular formula is C16H13ClN4O. The molecule has 22 heavy (non-hydrogen) atoms. The van der Waals surface area contributed by atoms with Gasteiger partial charge in [-0.25, -0.2) is 9.97 Å². The summed E-state index contributed by atoms with van der Waals surface area (Å²) in [5.74, 6) is 0.572. The van der Waals surface area contributed by atoms with Crippen molar-refractivity contribution in [2.75, 3.05) is 0 Å². The Kier molecular flexibility index (Phi) is 4.16. The van der Waals surface area contributed by atoms with Crippen LogP contribution in [0.2, 0.25) is 5.02 Å². The molecule has 1 amide bonds. The summed E-state index contributed by atoms with van der Waals surface area (Å²) < 4.78 is 1.81. The van der Waals surface area contributed by atoms with Gasteiger partial charge in [0.2, 0.25) is 0 Å². The second-order valence-electron chi connectivity index (χ2n) is 4.66. The average Bonchev–Trinajstić information content (AvgIpc) is 3.08. The van der Waals surface area contributed by atoms with Crippen molar-refractivity contribution in [3.8, 4) is 5.82 Å². The Labute approximate surface area is 132 Å². The third kappa shape index (κ3) is 3.15. The van der Waals surface area contributed by atoms with E-state index in [1.807, 2.05) is 22.9 Å². The van der Waals surface area contributed by atoms with Crippen molar-refractivity contribution < 1.29 is 4.79 Å². The minimum atomic E-state index is -0.204. The fourth-order valence-corrected chi connectivity index (χ4v) is 2.21. The molecular weight excluding hydrogens is 300 g/mol. The first-order valence-electron chi connectivity index (χ1n) is 6.70. The fourth-order valence-electron chi connectivity index (χ4n) is 1.99. The van der Waals surface area contributed by atoms with E-state index in [2.05, 4.69) is 15.3 Å². The van der Waals surface area contributed by atoms with Gasteiger partial charge in [-0.3, -0.25) is 9.36 Å². The van der Waals surface area contributed by atoms with Crippen LogP contribution >= 0.6 is 11.6 Å². The molecule has 2 heterocycles. The van der Waals surface area contributed by atoms with Gasteiger partial charge in [-0.1, -0.05) is 29.8 Å². The van der Waals surface area contributed by atoms with E-state index in [4.69, 9.17) is 11.6 Å². The quantitative estimate of drug-likeness (QED) is 0.806. The first kappa shape index (κ1) is 14.3. The highest BCUT2D eigenvalue weighted by Crippen LogP contribution is 2.14. The SMILES string of the molecule is O=C(NCc1ccc(-n2ccnc2)nc1)c1ccccc1Cl. The number of imidazole rings is 1. The zero-order chi connectivity index (χ0) is 15.4. The lowest BCUT2D eigenvalue weighted by Crippen LogP contribution is -2.23. The zero-order valence-electron chi connectivity index (χ0n) is 11.6. The molecule has 6 heteroatoms. The van der Waals surface area contributed by atoms with Crippen LogP contribution in [0.1, 0.15) is 15.9 Å². The van der Waals surface area contributed by atoms with Crippen LogP contribution in [0.4, 0.5) is 0 Å². The molecule has 0 aliphatic rings. The Balaban J connectivity index is 1.64. The number of rotatable bonds is 4. The lowest BCUT2D eigenvalue weighted by molar-refractivity contribution is 0.0951. The van der Waals surface area contributed by atoms with E-state index in [1.54, 1.807) is 43.0 Å². The number of aromatic nitrogens is 3. The number of hydrogen-bond acceptors (Lipinski definition) is 3. The Bertz CT molecular complexity index is 769. The standard InChI is InChI=1S/C16H13ClN4O/c17-14-4-2-1-3-13(14)16(22)20-10-12-5-6-15(19-9-12)21-8-7-18-11-21/h1-9,11H,10H2,(H,20,22). The summed E-state index contributed by atoms with van der Waals surface area (Å²) in [7, 11) is 0. The molecule has 0 radical (unpaired) electrons. The smallest absolute Gasteiger partial charge is 0.253 e. The molecule has 110 valence electrons. The third-order valence-corrected chi connectivity index (χ3v) is 3.48. The number of carbonyl (C=O) groups is 1. The highest BCUT2D eigenvalue weighted by atomic mass is 35.5. The van der Waals surface area contributed by atoms with E-state index in [0.29, 0.717) is 17.1 Å². The normalized spacial score (nSPS) is 10.4. The topological polar surface area (TPSA) is 59.8 Å². The first-order valence-corrected chi connectivity index (χ1v) is 7.08. The van der Waals surface area contributed by atoms with Gasteiger partial charge in [-0.2, -0.15) is 0 Å². The van der Waals surface area contributed by atoms with E-state index in [-0.39, 0.29) is 5.91 Å². The Morgan fingerprint density at radius 1 is 1.23 bits per heavy atom. The summed E-state index contributed by atoms with van der Waals surface area (Å²) in [4.78, 5) is 20.4. The van der Waals surface area contributed by atoms with Crippen molar-refractivity contribution in [2.45, 2.75) is 6.54 Å². The predicted molar refractivity (Wildman–Crippen MR) is 84.0 cm³/mol. The number of benzene rings is 1. The molecule has 0 saturated carbocycles. The molecule has 1 aromatic carbocycles. The number of halogens is 1. The van der Waals surface area contributed by atoms with Gasteiger partial charge in [-0.15, -0.1) is 0 Å². The first-order chi connectivity index (χ1) is 10.7. The summed E-state index contributed by atoms with van der Waals surface area (Å²) in [6, 6.07) is 10.7. The third-order valence-electron chi connectivity index (χ3n) is 3.15. The highest BCUT2D eigenvalue weighted by molar-refractivity contribution is 6.33. The van der Waals surface area contributed by atoms with Gasteiger partial charge < -0.3 is 5.32 Å². The largest absolute Gasteiger partial charge is 0.348 e. The van der Waals surface area contributed by atoms with Crippen molar-refractivity contribution in [3.05, 3.63) is 77.5 Å². The average molecular weight is 313 g/mol. The van der Waals surface area contributed by atoms with Crippen LogP contribution in [-0.2, 0) is 6.54 Å². The van der Waals surface area contributed by atoms with Gasteiger partial charge in [0, 0.05) is 25.1 Å². The maximum absolute atomic E-state index is 12.1. The molecule has 0 fully saturated rings. The van der Waals surface area contributed by atoms with Crippen molar-refractivity contribution in [3.63, 3.8) is 0 Å². The highest BCUT2D eigenvalue weighted by Gasteiger charge is 2.09. The molecule has 0 unspecified atom stereocenters. The molecule has 3 rings (SSSR count). The van der Waals surface area contributed by atoms with Crippen LogP contribution < -0.4 is 5.32 Å². The predicted octanol–water partition coefficient (Wildman–Crippen LogP) is 2.85. The molecule has 0 spiro atoms. The van der Waals surface area contributed by atoms with Gasteiger partial charge in [0.1, 0.15) is 12.1 Å². The van der Waals surface area contributed by atoms with E-state index < -0.39 is 0 Å². The Morgan fingerprint density at radius 3 is 2.77 bits per heavy atom. The van der Waals surface area contributed by atoms with Crippen molar-refractivity contribution in [2.24, 2.45) is 0 Å². The molecule has 5 nitrogen and oxygen atoms in total. The molecule has 0 aliphatic heterocycles. The van der Waals surface area contributed by atoms with Crippen LogP contribution in [0.3, 0.4) is 0 Å². The van der Waals surface area contributed by atoms with Gasteiger partial charge in [-0.05, 0) is 23.8 Å². The summed E-state index contributed by atoms with van der Waals surface area (Å²) in [6.07, 6.45) is 6.92. The number of carbonyl (C=O) groups excluding carboxylic acids is 1. The Morgan fingerprint density at radius 2 is 2.09 bits per heavy atom. The number of nitrogens with one attached hydrogen (secondary N) is 1. The van der Waals surface area contributed by atoms with Gasteiger partial charge in [0.05, 0.1) is 10.6 Å². The zero-order valence-corrected chi connectivity index (χ0v) is 12.4. The molecule has 0 aliphatic carbocycles. The van der Waals surface area contributed by atoms with Crippen LogP contribution in [0, 0.1) is 0 Å². The fraction of sp³-hybridized carbons (Fsp3) is 0.0625. The minimum Gasteiger partial charge on any atom is -0.348 e. The van der Waals surface area contributed by atoms with E-state index in [9.17, 15) is 4.79 Å². The molecule has 1 N–H and O–H groups in total. The lowest BCUT2D eigenvalue weighted by atomic mass is 10.2. The number of hydrogen-bond donors (Lipinski definition) is 1. The molecule has 2 aromatic heterocycles. The van der Waals surface area contributed by atoms with E-state index in [0.717, 1.165) is 11.4 Å². The summed E-state index contributed by atoms with van der Waals surface area (Å²) in [5, 5.41) is 3.27. The maximum atomic E-state index is 12.1. The van der Waals surface area contributed by atoms with Gasteiger partial charge in [0.15, 0.2) is 0 Å². The molecule has 0 bridgehead atoms. The Hall–Kier alpha value is -2.66. The van der Waals surface area contributed by atoms with Crippen molar-refractivity contribution >= 4 is 17.5 Å². The molecule has 0 atom stereocenters. The lowest BCUT2D eigenvalue weighted by Gasteiger charge is -2.07. The number of pyridine rings is 1.